The normalized spacial score (nSPS) is 17.4. The molecule has 1 heterocycles. The molecule has 4 nitrogen and oxygen atoms in total. The summed E-state index contributed by atoms with van der Waals surface area (Å²) in [5.74, 6) is 2.69. The van der Waals surface area contributed by atoms with Crippen molar-refractivity contribution in [1.82, 2.24) is 15.2 Å². The number of nitrogens with one attached hydrogen (secondary N) is 1. The van der Waals surface area contributed by atoms with Gasteiger partial charge in [0.1, 0.15) is 5.82 Å². The van der Waals surface area contributed by atoms with E-state index < -0.39 is 0 Å². The van der Waals surface area contributed by atoms with Crippen molar-refractivity contribution >= 4 is 0 Å². The van der Waals surface area contributed by atoms with E-state index in [2.05, 4.69) is 15.2 Å². The first kappa shape index (κ1) is 10.6. The van der Waals surface area contributed by atoms with Crippen molar-refractivity contribution in [1.29, 1.82) is 0 Å². The number of nitrogens with two attached hydrogens (primary N) is 1. The Hall–Kier alpha value is -0.900. The predicted octanol–water partition coefficient (Wildman–Crippen LogP) is 1.74. The van der Waals surface area contributed by atoms with Gasteiger partial charge in [0.15, 0.2) is 5.82 Å². The van der Waals surface area contributed by atoms with Gasteiger partial charge in [-0.25, -0.2) is 4.98 Å². The Balaban J connectivity index is 1.86. The van der Waals surface area contributed by atoms with Gasteiger partial charge in [-0.15, -0.1) is 0 Å². The number of H-pyrrole nitrogens is 1. The number of aryl methyl sites for hydroxylation is 1. The molecule has 84 valence electrons. The van der Waals surface area contributed by atoms with Gasteiger partial charge in [-0.2, -0.15) is 5.10 Å². The molecule has 0 atom stereocenters. The van der Waals surface area contributed by atoms with Crippen LogP contribution in [-0.4, -0.2) is 21.7 Å². The lowest BCUT2D eigenvalue weighted by atomic mass is 10.1. The highest BCUT2D eigenvalue weighted by atomic mass is 15.2. The van der Waals surface area contributed by atoms with Crippen LogP contribution in [-0.2, 0) is 6.42 Å². The SMILES string of the molecule is NCCCCc1nc(C2CCCC2)n[nH]1. The molecule has 1 aromatic rings. The summed E-state index contributed by atoms with van der Waals surface area (Å²) < 4.78 is 0. The molecule has 0 aliphatic heterocycles. The van der Waals surface area contributed by atoms with Crippen molar-refractivity contribution in [2.75, 3.05) is 6.54 Å². The standard InChI is InChI=1S/C11H20N4/c12-8-4-3-7-10-13-11(15-14-10)9-5-1-2-6-9/h9H,1-8,12H2,(H,13,14,15). The molecular formula is C11H20N4. The van der Waals surface area contributed by atoms with Crippen LogP contribution in [0.15, 0.2) is 0 Å². The number of aromatic nitrogens is 3. The monoisotopic (exact) mass is 208 g/mol. The molecule has 4 heteroatoms. The maximum absolute atomic E-state index is 5.45. The third kappa shape index (κ3) is 2.78. The van der Waals surface area contributed by atoms with E-state index in [0.29, 0.717) is 5.92 Å². The van der Waals surface area contributed by atoms with Gasteiger partial charge >= 0.3 is 0 Å². The van der Waals surface area contributed by atoms with Crippen LogP contribution in [0.25, 0.3) is 0 Å². The second-order valence-electron chi connectivity index (χ2n) is 4.37. The van der Waals surface area contributed by atoms with E-state index in [1.807, 2.05) is 0 Å². The predicted molar refractivity (Wildman–Crippen MR) is 59.6 cm³/mol. The van der Waals surface area contributed by atoms with Gasteiger partial charge in [0.05, 0.1) is 0 Å². The lowest BCUT2D eigenvalue weighted by Gasteiger charge is -2.00. The average molecular weight is 208 g/mol. The van der Waals surface area contributed by atoms with Crippen LogP contribution in [0.2, 0.25) is 0 Å². The second kappa shape index (κ2) is 5.26. The van der Waals surface area contributed by atoms with E-state index in [4.69, 9.17) is 5.73 Å². The van der Waals surface area contributed by atoms with Crippen molar-refractivity contribution < 1.29 is 0 Å². The highest BCUT2D eigenvalue weighted by Crippen LogP contribution is 2.31. The van der Waals surface area contributed by atoms with E-state index in [9.17, 15) is 0 Å². The third-order valence-electron chi connectivity index (χ3n) is 3.14. The first-order valence-corrected chi connectivity index (χ1v) is 6.01. The van der Waals surface area contributed by atoms with Gasteiger partial charge in [-0.05, 0) is 32.2 Å². The minimum Gasteiger partial charge on any atom is -0.330 e. The molecule has 0 bridgehead atoms. The molecule has 0 saturated heterocycles. The minimum absolute atomic E-state index is 0.615. The van der Waals surface area contributed by atoms with E-state index in [1.54, 1.807) is 0 Å². The van der Waals surface area contributed by atoms with Crippen LogP contribution >= 0.6 is 0 Å². The second-order valence-corrected chi connectivity index (χ2v) is 4.37. The molecule has 0 amide bonds. The van der Waals surface area contributed by atoms with E-state index in [-0.39, 0.29) is 0 Å². The van der Waals surface area contributed by atoms with Crippen molar-refractivity contribution in [3.8, 4) is 0 Å². The van der Waals surface area contributed by atoms with E-state index in [1.165, 1.54) is 25.7 Å². The molecule has 15 heavy (non-hydrogen) atoms. The molecule has 3 N–H and O–H groups in total. The number of aromatic amines is 1. The number of hydrogen-bond acceptors (Lipinski definition) is 3. The molecule has 0 aromatic carbocycles. The maximum atomic E-state index is 5.45. The molecule has 1 saturated carbocycles. The number of unbranched alkanes of at least 4 members (excludes halogenated alkanes) is 1. The van der Waals surface area contributed by atoms with Crippen LogP contribution in [0.1, 0.15) is 56.1 Å². The Morgan fingerprint density at radius 3 is 2.80 bits per heavy atom. The molecule has 1 fully saturated rings. The summed E-state index contributed by atoms with van der Waals surface area (Å²) in [7, 11) is 0. The Kier molecular flexibility index (Phi) is 3.72. The quantitative estimate of drug-likeness (QED) is 0.724. The Bertz CT molecular complexity index is 289. The first-order valence-electron chi connectivity index (χ1n) is 6.01. The number of nitrogens with zero attached hydrogens (tertiary/aromatic N) is 2. The average Bonchev–Trinajstić information content (AvgIpc) is 2.87. The largest absolute Gasteiger partial charge is 0.330 e. The van der Waals surface area contributed by atoms with Crippen LogP contribution < -0.4 is 5.73 Å². The van der Waals surface area contributed by atoms with Crippen LogP contribution in [0.4, 0.5) is 0 Å². The molecular weight excluding hydrogens is 188 g/mol. The lowest BCUT2D eigenvalue weighted by molar-refractivity contribution is 0.670. The third-order valence-corrected chi connectivity index (χ3v) is 3.14. The molecule has 1 aliphatic carbocycles. The molecule has 0 spiro atoms. The zero-order chi connectivity index (χ0) is 10.5. The number of rotatable bonds is 5. The van der Waals surface area contributed by atoms with Gasteiger partial charge in [-0.3, -0.25) is 5.10 Å². The van der Waals surface area contributed by atoms with Gasteiger partial charge < -0.3 is 5.73 Å². The fourth-order valence-corrected chi connectivity index (χ4v) is 2.23. The summed E-state index contributed by atoms with van der Waals surface area (Å²) in [4.78, 5) is 4.56. The fraction of sp³-hybridized carbons (Fsp3) is 0.818. The summed E-state index contributed by atoms with van der Waals surface area (Å²) in [6, 6.07) is 0. The fourth-order valence-electron chi connectivity index (χ4n) is 2.23. The Labute approximate surface area is 90.7 Å². The van der Waals surface area contributed by atoms with Crippen molar-refractivity contribution in [2.45, 2.75) is 50.9 Å². The minimum atomic E-state index is 0.615. The first-order chi connectivity index (χ1) is 7.40. The van der Waals surface area contributed by atoms with Crippen molar-refractivity contribution in [2.24, 2.45) is 5.73 Å². The van der Waals surface area contributed by atoms with Crippen molar-refractivity contribution in [3.05, 3.63) is 11.6 Å². The zero-order valence-corrected chi connectivity index (χ0v) is 9.21. The van der Waals surface area contributed by atoms with Gasteiger partial charge in [0.25, 0.3) is 0 Å². The highest BCUT2D eigenvalue weighted by Gasteiger charge is 2.20. The zero-order valence-electron chi connectivity index (χ0n) is 9.21. The highest BCUT2D eigenvalue weighted by molar-refractivity contribution is 4.99. The van der Waals surface area contributed by atoms with E-state index in [0.717, 1.165) is 37.5 Å². The van der Waals surface area contributed by atoms with Crippen molar-refractivity contribution in [3.63, 3.8) is 0 Å². The molecule has 0 radical (unpaired) electrons. The number of hydrogen-bond donors (Lipinski definition) is 2. The topological polar surface area (TPSA) is 67.6 Å². The lowest BCUT2D eigenvalue weighted by Crippen LogP contribution is -2.00. The van der Waals surface area contributed by atoms with Gasteiger partial charge in [-0.1, -0.05) is 12.8 Å². The Morgan fingerprint density at radius 1 is 1.27 bits per heavy atom. The summed E-state index contributed by atoms with van der Waals surface area (Å²) >= 11 is 0. The molecule has 1 aliphatic rings. The Morgan fingerprint density at radius 2 is 2.07 bits per heavy atom. The summed E-state index contributed by atoms with van der Waals surface area (Å²) in [6.07, 6.45) is 8.36. The van der Waals surface area contributed by atoms with Crippen LogP contribution in [0.3, 0.4) is 0 Å². The van der Waals surface area contributed by atoms with E-state index >= 15 is 0 Å². The molecule has 1 aromatic heterocycles. The van der Waals surface area contributed by atoms with Crippen LogP contribution in [0.5, 0.6) is 0 Å². The molecule has 2 rings (SSSR count). The summed E-state index contributed by atoms with van der Waals surface area (Å²) in [5, 5.41) is 7.35. The summed E-state index contributed by atoms with van der Waals surface area (Å²) in [6.45, 7) is 0.767. The molecule has 0 unspecified atom stereocenters. The van der Waals surface area contributed by atoms with Gasteiger partial charge in [0.2, 0.25) is 0 Å². The maximum Gasteiger partial charge on any atom is 0.153 e. The summed E-state index contributed by atoms with van der Waals surface area (Å²) in [5.41, 5.74) is 5.45. The smallest absolute Gasteiger partial charge is 0.153 e. The van der Waals surface area contributed by atoms with Gasteiger partial charge in [0, 0.05) is 12.3 Å². The van der Waals surface area contributed by atoms with Crippen LogP contribution in [0, 0.1) is 0 Å².